The van der Waals surface area contributed by atoms with Crippen LogP contribution in [0.4, 0.5) is 0 Å². The maximum atomic E-state index is 11.0. The molecule has 1 N–H and O–H groups in total. The average molecular weight is 291 g/mol. The third kappa shape index (κ3) is 2.67. The number of thiazole rings is 1. The van der Waals surface area contributed by atoms with Crippen LogP contribution in [0, 0.1) is 6.92 Å². The molecule has 1 aliphatic rings. The third-order valence-corrected chi connectivity index (χ3v) is 5.78. The first-order chi connectivity index (χ1) is 9.15. The van der Waals surface area contributed by atoms with Crippen molar-refractivity contribution in [3.63, 3.8) is 0 Å². The molecule has 0 bridgehead atoms. The number of benzene rings is 1. The van der Waals surface area contributed by atoms with Gasteiger partial charge in [-0.3, -0.25) is 0 Å². The van der Waals surface area contributed by atoms with Crippen molar-refractivity contribution < 1.29 is 9.90 Å². The van der Waals surface area contributed by atoms with E-state index in [4.69, 9.17) is 5.11 Å². The van der Waals surface area contributed by atoms with Crippen LogP contribution in [0.5, 0.6) is 0 Å². The van der Waals surface area contributed by atoms with E-state index in [0.29, 0.717) is 21.7 Å². The highest BCUT2D eigenvalue weighted by atomic mass is 32.2. The molecular formula is C14H13NO2S2. The molecule has 1 aromatic carbocycles. The maximum absolute atomic E-state index is 11.0. The molecule has 1 saturated carbocycles. The number of rotatable bonds is 4. The van der Waals surface area contributed by atoms with E-state index in [1.165, 1.54) is 16.9 Å². The van der Waals surface area contributed by atoms with Crippen LogP contribution in [0.2, 0.25) is 0 Å². The number of aryl methyl sites for hydroxylation is 1. The lowest BCUT2D eigenvalue weighted by atomic mass is 10.1. The summed E-state index contributed by atoms with van der Waals surface area (Å²) in [5.74, 6) is -0.291. The van der Waals surface area contributed by atoms with Gasteiger partial charge in [0.2, 0.25) is 0 Å². The van der Waals surface area contributed by atoms with Crippen molar-refractivity contribution in [3.05, 3.63) is 46.5 Å². The van der Waals surface area contributed by atoms with Gasteiger partial charge in [-0.25, -0.2) is 9.78 Å². The van der Waals surface area contributed by atoms with Crippen LogP contribution in [-0.2, 0) is 0 Å². The molecule has 1 heterocycles. The smallest absolute Gasteiger partial charge is 0.347 e. The Morgan fingerprint density at radius 3 is 2.79 bits per heavy atom. The van der Waals surface area contributed by atoms with Gasteiger partial charge in [0.25, 0.3) is 0 Å². The van der Waals surface area contributed by atoms with Crippen LogP contribution in [0.15, 0.2) is 34.7 Å². The van der Waals surface area contributed by atoms with Gasteiger partial charge in [0.15, 0.2) is 4.34 Å². The minimum absolute atomic E-state index is 0.361. The second-order valence-electron chi connectivity index (χ2n) is 4.61. The summed E-state index contributed by atoms with van der Waals surface area (Å²) in [4.78, 5) is 15.7. The molecule has 0 spiro atoms. The molecule has 98 valence electrons. The topological polar surface area (TPSA) is 50.2 Å². The van der Waals surface area contributed by atoms with E-state index in [1.807, 2.05) is 6.07 Å². The zero-order valence-electron chi connectivity index (χ0n) is 10.4. The van der Waals surface area contributed by atoms with Crippen molar-refractivity contribution in [2.75, 3.05) is 0 Å². The lowest BCUT2D eigenvalue weighted by Crippen LogP contribution is -1.94. The summed E-state index contributed by atoms with van der Waals surface area (Å²) in [6, 6.07) is 10.5. The fraction of sp³-hybridized carbons (Fsp3) is 0.286. The summed E-state index contributed by atoms with van der Waals surface area (Å²) in [5, 5.41) is 9.56. The Morgan fingerprint density at radius 1 is 1.42 bits per heavy atom. The molecule has 1 aliphatic carbocycles. The molecule has 0 amide bonds. The minimum Gasteiger partial charge on any atom is -0.477 e. The van der Waals surface area contributed by atoms with Crippen molar-refractivity contribution in [3.8, 4) is 0 Å². The molecule has 0 radical (unpaired) electrons. The van der Waals surface area contributed by atoms with Gasteiger partial charge < -0.3 is 5.11 Å². The Hall–Kier alpha value is -1.33. The molecule has 2 unspecified atom stereocenters. The van der Waals surface area contributed by atoms with Gasteiger partial charge in [0, 0.05) is 5.25 Å². The zero-order chi connectivity index (χ0) is 13.4. The Labute approximate surface area is 119 Å². The predicted octanol–water partition coefficient (Wildman–Crippen LogP) is 3.80. The monoisotopic (exact) mass is 291 g/mol. The maximum Gasteiger partial charge on any atom is 0.347 e. The summed E-state index contributed by atoms with van der Waals surface area (Å²) in [6.07, 6.45) is 1.15. The molecule has 2 aromatic rings. The SMILES string of the molecule is Cc1nc(SC2CC2c2ccccc2)sc1C(=O)O. The van der Waals surface area contributed by atoms with Crippen LogP contribution < -0.4 is 0 Å². The second kappa shape index (κ2) is 4.98. The van der Waals surface area contributed by atoms with E-state index in [1.54, 1.807) is 18.7 Å². The van der Waals surface area contributed by atoms with Crippen molar-refractivity contribution in [2.45, 2.75) is 28.9 Å². The number of thioether (sulfide) groups is 1. The summed E-state index contributed by atoms with van der Waals surface area (Å²) in [6.45, 7) is 1.76. The van der Waals surface area contributed by atoms with E-state index >= 15 is 0 Å². The van der Waals surface area contributed by atoms with Crippen molar-refractivity contribution >= 4 is 29.1 Å². The standard InChI is InChI=1S/C14H13NO2S2/c1-8-12(13(16)17)19-14(15-8)18-11-7-10(11)9-5-3-2-4-6-9/h2-6,10-11H,7H2,1H3,(H,16,17). The van der Waals surface area contributed by atoms with Gasteiger partial charge in [-0.05, 0) is 24.8 Å². The average Bonchev–Trinajstić information content (AvgIpc) is 3.05. The number of carboxylic acid groups (broad SMARTS) is 1. The number of carboxylic acids is 1. The Morgan fingerprint density at radius 2 is 2.16 bits per heavy atom. The second-order valence-corrected chi connectivity index (χ2v) is 7.09. The van der Waals surface area contributed by atoms with E-state index < -0.39 is 5.97 Å². The van der Waals surface area contributed by atoms with Crippen molar-refractivity contribution in [2.24, 2.45) is 0 Å². The molecule has 1 fully saturated rings. The number of nitrogens with zero attached hydrogens (tertiary/aromatic N) is 1. The van der Waals surface area contributed by atoms with Crippen LogP contribution in [-0.4, -0.2) is 21.3 Å². The molecule has 0 saturated heterocycles. The molecule has 1 aromatic heterocycles. The Balaban J connectivity index is 1.68. The molecule has 2 atom stereocenters. The molecule has 0 aliphatic heterocycles. The highest BCUT2D eigenvalue weighted by Gasteiger charge is 2.39. The summed E-state index contributed by atoms with van der Waals surface area (Å²) in [7, 11) is 0. The van der Waals surface area contributed by atoms with Gasteiger partial charge in [0.05, 0.1) is 5.69 Å². The predicted molar refractivity (Wildman–Crippen MR) is 77.3 cm³/mol. The quantitative estimate of drug-likeness (QED) is 0.931. The number of aromatic nitrogens is 1. The van der Waals surface area contributed by atoms with Crippen LogP contribution in [0.3, 0.4) is 0 Å². The number of aromatic carboxylic acids is 1. The lowest BCUT2D eigenvalue weighted by molar-refractivity contribution is 0.0701. The molecule has 5 heteroatoms. The fourth-order valence-corrected chi connectivity index (χ4v) is 4.63. The first kappa shape index (κ1) is 12.7. The number of hydrogen-bond acceptors (Lipinski definition) is 4. The summed E-state index contributed by atoms with van der Waals surface area (Å²) < 4.78 is 0.873. The molecule has 3 nitrogen and oxygen atoms in total. The van der Waals surface area contributed by atoms with E-state index in [9.17, 15) is 4.79 Å². The Bertz CT molecular complexity index is 609. The Kier molecular flexibility index (Phi) is 3.33. The van der Waals surface area contributed by atoms with Crippen molar-refractivity contribution in [1.29, 1.82) is 0 Å². The molecule has 19 heavy (non-hydrogen) atoms. The van der Waals surface area contributed by atoms with Gasteiger partial charge in [-0.2, -0.15) is 0 Å². The third-order valence-electron chi connectivity index (χ3n) is 3.18. The van der Waals surface area contributed by atoms with E-state index in [0.717, 1.165) is 10.8 Å². The highest BCUT2D eigenvalue weighted by Crippen LogP contribution is 2.52. The summed E-state index contributed by atoms with van der Waals surface area (Å²) >= 11 is 2.99. The fourth-order valence-electron chi connectivity index (χ4n) is 2.10. The van der Waals surface area contributed by atoms with Gasteiger partial charge in [-0.1, -0.05) is 42.1 Å². The molecule has 3 rings (SSSR count). The van der Waals surface area contributed by atoms with Crippen LogP contribution in [0.1, 0.15) is 33.3 Å². The molecular weight excluding hydrogens is 278 g/mol. The first-order valence-electron chi connectivity index (χ1n) is 6.07. The minimum atomic E-state index is -0.878. The zero-order valence-corrected chi connectivity index (χ0v) is 12.0. The first-order valence-corrected chi connectivity index (χ1v) is 7.77. The van der Waals surface area contributed by atoms with Gasteiger partial charge >= 0.3 is 5.97 Å². The van der Waals surface area contributed by atoms with Gasteiger partial charge in [-0.15, -0.1) is 11.3 Å². The van der Waals surface area contributed by atoms with Crippen LogP contribution in [0.25, 0.3) is 0 Å². The normalized spacial score (nSPS) is 21.3. The van der Waals surface area contributed by atoms with E-state index in [-0.39, 0.29) is 0 Å². The van der Waals surface area contributed by atoms with Crippen LogP contribution >= 0.6 is 23.1 Å². The highest BCUT2D eigenvalue weighted by molar-refractivity contribution is 8.01. The van der Waals surface area contributed by atoms with Gasteiger partial charge in [0.1, 0.15) is 4.88 Å². The summed E-state index contributed by atoms with van der Waals surface area (Å²) in [5.41, 5.74) is 1.99. The van der Waals surface area contributed by atoms with Crippen molar-refractivity contribution in [1.82, 2.24) is 4.98 Å². The number of hydrogen-bond donors (Lipinski definition) is 1. The lowest BCUT2D eigenvalue weighted by Gasteiger charge is -1.98. The van der Waals surface area contributed by atoms with E-state index in [2.05, 4.69) is 29.2 Å². The largest absolute Gasteiger partial charge is 0.477 e. The number of carbonyl (C=O) groups is 1.